The molecule has 6 nitrogen and oxygen atoms in total. The minimum Gasteiger partial charge on any atom is -0.370 e. The minimum absolute atomic E-state index is 0.165. The van der Waals surface area contributed by atoms with Crippen LogP contribution in [0, 0.1) is 12.8 Å². The van der Waals surface area contributed by atoms with Crippen LogP contribution in [0.4, 0.5) is 11.4 Å². The number of hydrogen-bond donors (Lipinski definition) is 1. The van der Waals surface area contributed by atoms with Crippen LogP contribution in [-0.2, 0) is 19.9 Å². The summed E-state index contributed by atoms with van der Waals surface area (Å²) in [6, 6.07) is 11.2. The van der Waals surface area contributed by atoms with Crippen LogP contribution in [0.1, 0.15) is 25.3 Å². The van der Waals surface area contributed by atoms with Gasteiger partial charge >= 0.3 is 0 Å². The van der Waals surface area contributed by atoms with Gasteiger partial charge in [0, 0.05) is 19.3 Å². The normalized spacial score (nSPS) is 18.1. The standard InChI is InChI=1S/C20H26N2O4S2/c1-15-6-9-18(10-7-15)28(25,26)21-17-8-11-20(27(3,23)24)19(13-17)22-12-4-5-16(2)14-22/h6-11,13,16,21H,4-5,12,14H2,1-3H3. The highest BCUT2D eigenvalue weighted by molar-refractivity contribution is 7.92. The van der Waals surface area contributed by atoms with Crippen LogP contribution < -0.4 is 9.62 Å². The Bertz CT molecular complexity index is 1060. The van der Waals surface area contributed by atoms with Gasteiger partial charge in [-0.1, -0.05) is 24.6 Å². The molecule has 1 saturated heterocycles. The van der Waals surface area contributed by atoms with Gasteiger partial charge in [0.2, 0.25) is 0 Å². The summed E-state index contributed by atoms with van der Waals surface area (Å²) in [4.78, 5) is 2.42. The monoisotopic (exact) mass is 422 g/mol. The van der Waals surface area contributed by atoms with Crippen LogP contribution in [0.25, 0.3) is 0 Å². The molecule has 1 unspecified atom stereocenters. The molecule has 3 rings (SSSR count). The first-order valence-electron chi connectivity index (χ1n) is 9.25. The maximum atomic E-state index is 12.7. The predicted molar refractivity (Wildman–Crippen MR) is 112 cm³/mol. The molecule has 28 heavy (non-hydrogen) atoms. The van der Waals surface area contributed by atoms with Crippen molar-refractivity contribution in [2.45, 2.75) is 36.5 Å². The van der Waals surface area contributed by atoms with E-state index >= 15 is 0 Å². The number of sulfonamides is 1. The Kier molecular flexibility index (Phi) is 5.72. The summed E-state index contributed by atoms with van der Waals surface area (Å²) in [5.41, 5.74) is 1.87. The smallest absolute Gasteiger partial charge is 0.261 e. The van der Waals surface area contributed by atoms with E-state index in [1.54, 1.807) is 30.3 Å². The summed E-state index contributed by atoms with van der Waals surface area (Å²) in [5.74, 6) is 0.453. The third-order valence-electron chi connectivity index (χ3n) is 4.94. The molecule has 2 aromatic rings. The Morgan fingerprint density at radius 2 is 1.71 bits per heavy atom. The van der Waals surface area contributed by atoms with Gasteiger partial charge in [-0.3, -0.25) is 4.72 Å². The summed E-state index contributed by atoms with van der Waals surface area (Å²) in [6.45, 7) is 5.52. The lowest BCUT2D eigenvalue weighted by Gasteiger charge is -2.34. The van der Waals surface area contributed by atoms with Crippen LogP contribution in [0.15, 0.2) is 52.3 Å². The Hall–Kier alpha value is -2.06. The molecule has 1 aliphatic heterocycles. The average Bonchev–Trinajstić information content (AvgIpc) is 2.61. The van der Waals surface area contributed by atoms with E-state index in [-0.39, 0.29) is 9.79 Å². The second-order valence-corrected chi connectivity index (χ2v) is 11.2. The molecule has 0 radical (unpaired) electrons. The van der Waals surface area contributed by atoms with Gasteiger partial charge in [0.25, 0.3) is 10.0 Å². The highest BCUT2D eigenvalue weighted by Crippen LogP contribution is 2.32. The number of anilines is 2. The first kappa shape index (κ1) is 20.7. The van der Waals surface area contributed by atoms with Crippen molar-refractivity contribution in [3.05, 3.63) is 48.0 Å². The molecule has 152 valence electrons. The fourth-order valence-electron chi connectivity index (χ4n) is 3.48. The highest BCUT2D eigenvalue weighted by atomic mass is 32.2. The molecule has 1 aliphatic rings. The van der Waals surface area contributed by atoms with E-state index in [1.807, 2.05) is 11.8 Å². The summed E-state index contributed by atoms with van der Waals surface area (Å²) >= 11 is 0. The fraction of sp³-hybridized carbons (Fsp3) is 0.400. The van der Waals surface area contributed by atoms with Crippen molar-refractivity contribution in [3.8, 4) is 0 Å². The lowest BCUT2D eigenvalue weighted by atomic mass is 10.00. The first-order valence-corrected chi connectivity index (χ1v) is 12.6. The van der Waals surface area contributed by atoms with Crippen LogP contribution >= 0.6 is 0 Å². The van der Waals surface area contributed by atoms with Crippen molar-refractivity contribution >= 4 is 31.2 Å². The molecule has 1 fully saturated rings. The molecule has 0 spiro atoms. The van der Waals surface area contributed by atoms with E-state index in [0.29, 0.717) is 17.3 Å². The van der Waals surface area contributed by atoms with Crippen molar-refractivity contribution in [1.29, 1.82) is 0 Å². The zero-order chi connectivity index (χ0) is 20.5. The average molecular weight is 423 g/mol. The number of piperidine rings is 1. The summed E-state index contributed by atoms with van der Waals surface area (Å²) < 4.78 is 52.5. The van der Waals surface area contributed by atoms with E-state index in [4.69, 9.17) is 0 Å². The topological polar surface area (TPSA) is 83.5 Å². The lowest BCUT2D eigenvalue weighted by Crippen LogP contribution is -2.35. The minimum atomic E-state index is -3.75. The van der Waals surface area contributed by atoms with Crippen molar-refractivity contribution in [2.24, 2.45) is 5.92 Å². The second-order valence-electron chi connectivity index (χ2n) is 7.57. The molecule has 1 atom stereocenters. The van der Waals surface area contributed by atoms with Crippen LogP contribution in [0.3, 0.4) is 0 Å². The van der Waals surface area contributed by atoms with Gasteiger partial charge in [-0.2, -0.15) is 0 Å². The fourth-order valence-corrected chi connectivity index (χ4v) is 5.41. The number of rotatable bonds is 5. The van der Waals surface area contributed by atoms with Gasteiger partial charge in [-0.05, 0) is 56.0 Å². The molecule has 1 N–H and O–H groups in total. The largest absolute Gasteiger partial charge is 0.370 e. The maximum absolute atomic E-state index is 12.7. The molecular weight excluding hydrogens is 396 g/mol. The molecule has 0 saturated carbocycles. The Labute approximate surface area is 167 Å². The van der Waals surface area contributed by atoms with Gasteiger partial charge in [-0.15, -0.1) is 0 Å². The maximum Gasteiger partial charge on any atom is 0.261 e. The Balaban J connectivity index is 1.98. The molecular formula is C20H26N2O4S2. The van der Waals surface area contributed by atoms with Gasteiger partial charge in [0.1, 0.15) is 0 Å². The van der Waals surface area contributed by atoms with Gasteiger partial charge in [0.05, 0.1) is 21.2 Å². The first-order chi connectivity index (χ1) is 13.1. The molecule has 0 bridgehead atoms. The Morgan fingerprint density at radius 3 is 2.32 bits per heavy atom. The highest BCUT2D eigenvalue weighted by Gasteiger charge is 2.24. The van der Waals surface area contributed by atoms with E-state index in [2.05, 4.69) is 11.6 Å². The number of benzene rings is 2. The van der Waals surface area contributed by atoms with Gasteiger partial charge in [-0.25, -0.2) is 16.8 Å². The number of aryl methyl sites for hydroxylation is 1. The number of hydrogen-bond acceptors (Lipinski definition) is 5. The zero-order valence-corrected chi connectivity index (χ0v) is 18.0. The quantitative estimate of drug-likeness (QED) is 0.798. The molecule has 8 heteroatoms. The number of sulfone groups is 1. The molecule has 0 aromatic heterocycles. The molecule has 1 heterocycles. The predicted octanol–water partition coefficient (Wildman–Crippen LogP) is 3.44. The van der Waals surface area contributed by atoms with E-state index < -0.39 is 19.9 Å². The van der Waals surface area contributed by atoms with E-state index in [9.17, 15) is 16.8 Å². The van der Waals surface area contributed by atoms with Crippen molar-refractivity contribution in [3.63, 3.8) is 0 Å². The van der Waals surface area contributed by atoms with Crippen molar-refractivity contribution < 1.29 is 16.8 Å². The third-order valence-corrected chi connectivity index (χ3v) is 7.48. The third kappa shape index (κ3) is 4.67. The lowest BCUT2D eigenvalue weighted by molar-refractivity contribution is 0.445. The van der Waals surface area contributed by atoms with Crippen LogP contribution in [0.2, 0.25) is 0 Å². The molecule has 2 aromatic carbocycles. The second kappa shape index (κ2) is 7.75. The van der Waals surface area contributed by atoms with Crippen molar-refractivity contribution in [2.75, 3.05) is 29.0 Å². The van der Waals surface area contributed by atoms with Crippen LogP contribution in [0.5, 0.6) is 0 Å². The van der Waals surface area contributed by atoms with E-state index in [1.165, 1.54) is 18.4 Å². The number of nitrogens with zero attached hydrogens (tertiary/aromatic N) is 1. The summed E-state index contributed by atoms with van der Waals surface area (Å²) in [7, 11) is -7.19. The van der Waals surface area contributed by atoms with Crippen LogP contribution in [-0.4, -0.2) is 36.2 Å². The SMILES string of the molecule is Cc1ccc(S(=O)(=O)Nc2ccc(S(C)(=O)=O)c(N3CCCC(C)C3)c2)cc1. The Morgan fingerprint density at radius 1 is 1.04 bits per heavy atom. The molecule has 0 amide bonds. The van der Waals surface area contributed by atoms with Gasteiger partial charge < -0.3 is 4.90 Å². The van der Waals surface area contributed by atoms with E-state index in [0.717, 1.165) is 31.5 Å². The summed E-state index contributed by atoms with van der Waals surface area (Å²) in [6.07, 6.45) is 3.25. The zero-order valence-electron chi connectivity index (χ0n) is 16.3. The summed E-state index contributed by atoms with van der Waals surface area (Å²) in [5, 5.41) is 0. The molecule has 0 aliphatic carbocycles. The van der Waals surface area contributed by atoms with Gasteiger partial charge in [0.15, 0.2) is 9.84 Å². The number of nitrogens with one attached hydrogen (secondary N) is 1. The van der Waals surface area contributed by atoms with Crippen molar-refractivity contribution in [1.82, 2.24) is 0 Å².